The lowest BCUT2D eigenvalue weighted by atomic mass is 10.2. The average molecular weight is 218 g/mol. The van der Waals surface area contributed by atoms with Gasteiger partial charge in [-0.3, -0.25) is 4.68 Å². The highest BCUT2D eigenvalue weighted by Gasteiger charge is 1.97. The second-order valence-electron chi connectivity index (χ2n) is 3.53. The molecule has 6 heteroatoms. The predicted molar refractivity (Wildman–Crippen MR) is 61.8 cm³/mol. The van der Waals surface area contributed by atoms with E-state index in [9.17, 15) is 0 Å². The van der Waals surface area contributed by atoms with Gasteiger partial charge in [0.1, 0.15) is 18.0 Å². The Kier molecular flexibility index (Phi) is 3.00. The second-order valence-corrected chi connectivity index (χ2v) is 3.53. The number of aryl methyl sites for hydroxylation is 1. The Balaban J connectivity index is 1.84. The highest BCUT2D eigenvalue weighted by molar-refractivity contribution is 5.43. The molecule has 2 aromatic rings. The first kappa shape index (κ1) is 10.4. The molecular weight excluding hydrogens is 204 g/mol. The van der Waals surface area contributed by atoms with E-state index in [0.29, 0.717) is 5.82 Å². The van der Waals surface area contributed by atoms with Crippen LogP contribution < -0.4 is 11.1 Å². The van der Waals surface area contributed by atoms with Crippen molar-refractivity contribution in [2.45, 2.75) is 6.42 Å². The van der Waals surface area contributed by atoms with Gasteiger partial charge < -0.3 is 11.1 Å². The van der Waals surface area contributed by atoms with Gasteiger partial charge in [-0.05, 0) is 12.0 Å². The third kappa shape index (κ3) is 2.69. The maximum Gasteiger partial charge on any atom is 0.131 e. The topological polar surface area (TPSA) is 81.7 Å². The van der Waals surface area contributed by atoms with E-state index in [0.717, 1.165) is 18.8 Å². The molecule has 0 spiro atoms. The van der Waals surface area contributed by atoms with Crippen LogP contribution in [0.1, 0.15) is 5.56 Å². The van der Waals surface area contributed by atoms with Crippen LogP contribution in [0.4, 0.5) is 11.6 Å². The van der Waals surface area contributed by atoms with Gasteiger partial charge in [-0.1, -0.05) is 0 Å². The molecule has 0 fully saturated rings. The maximum absolute atomic E-state index is 5.54. The van der Waals surface area contributed by atoms with Crippen LogP contribution in [0.15, 0.2) is 24.8 Å². The van der Waals surface area contributed by atoms with Crippen LogP contribution in [-0.4, -0.2) is 26.3 Å². The number of anilines is 2. The Hall–Kier alpha value is -2.11. The Morgan fingerprint density at radius 1 is 1.44 bits per heavy atom. The molecule has 3 N–H and O–H groups in total. The van der Waals surface area contributed by atoms with Crippen molar-refractivity contribution >= 4 is 11.6 Å². The van der Waals surface area contributed by atoms with E-state index in [1.54, 1.807) is 10.7 Å². The Morgan fingerprint density at radius 3 is 3.00 bits per heavy atom. The highest BCUT2D eigenvalue weighted by atomic mass is 15.2. The highest BCUT2D eigenvalue weighted by Crippen LogP contribution is 2.05. The van der Waals surface area contributed by atoms with Gasteiger partial charge in [0.05, 0.1) is 6.20 Å². The molecule has 0 amide bonds. The first-order valence-corrected chi connectivity index (χ1v) is 5.03. The van der Waals surface area contributed by atoms with Gasteiger partial charge in [0.2, 0.25) is 0 Å². The van der Waals surface area contributed by atoms with Crippen molar-refractivity contribution < 1.29 is 0 Å². The number of hydrogen-bond donors (Lipinski definition) is 2. The maximum atomic E-state index is 5.54. The van der Waals surface area contributed by atoms with Gasteiger partial charge in [-0.15, -0.1) is 0 Å². The van der Waals surface area contributed by atoms with Crippen LogP contribution in [0.25, 0.3) is 0 Å². The largest absolute Gasteiger partial charge is 0.384 e. The molecule has 0 unspecified atom stereocenters. The van der Waals surface area contributed by atoms with Crippen LogP contribution in [0, 0.1) is 0 Å². The van der Waals surface area contributed by atoms with Crippen molar-refractivity contribution in [1.29, 1.82) is 0 Å². The molecular formula is C10H14N6. The number of aromatic nitrogens is 4. The Labute approximate surface area is 93.5 Å². The van der Waals surface area contributed by atoms with Crippen molar-refractivity contribution in [2.24, 2.45) is 7.05 Å². The zero-order valence-corrected chi connectivity index (χ0v) is 9.09. The van der Waals surface area contributed by atoms with E-state index in [1.807, 2.05) is 19.4 Å². The average Bonchev–Trinajstić information content (AvgIpc) is 2.64. The first-order valence-electron chi connectivity index (χ1n) is 5.03. The van der Waals surface area contributed by atoms with Crippen LogP contribution in [0.3, 0.4) is 0 Å². The summed E-state index contributed by atoms with van der Waals surface area (Å²) in [6.45, 7) is 0.794. The molecule has 6 nitrogen and oxygen atoms in total. The molecule has 0 aliphatic carbocycles. The van der Waals surface area contributed by atoms with Gasteiger partial charge in [0.15, 0.2) is 0 Å². The summed E-state index contributed by atoms with van der Waals surface area (Å²) in [7, 11) is 1.90. The lowest BCUT2D eigenvalue weighted by molar-refractivity contribution is 0.767. The van der Waals surface area contributed by atoms with Crippen LogP contribution in [-0.2, 0) is 13.5 Å². The molecule has 0 saturated carbocycles. The molecule has 2 rings (SSSR count). The lowest BCUT2D eigenvalue weighted by Gasteiger charge is -2.03. The molecule has 0 saturated heterocycles. The second kappa shape index (κ2) is 4.61. The molecule has 84 valence electrons. The number of nitrogen functional groups attached to an aromatic ring is 1. The third-order valence-corrected chi connectivity index (χ3v) is 2.17. The van der Waals surface area contributed by atoms with Crippen LogP contribution in [0.5, 0.6) is 0 Å². The molecule has 16 heavy (non-hydrogen) atoms. The number of nitrogens with two attached hydrogens (primary N) is 1. The number of hydrogen-bond acceptors (Lipinski definition) is 5. The van der Waals surface area contributed by atoms with E-state index in [1.165, 1.54) is 11.9 Å². The van der Waals surface area contributed by atoms with E-state index in [-0.39, 0.29) is 0 Å². The van der Waals surface area contributed by atoms with E-state index in [2.05, 4.69) is 20.4 Å². The summed E-state index contributed by atoms with van der Waals surface area (Å²) in [4.78, 5) is 7.88. The number of nitrogens with one attached hydrogen (secondary N) is 1. The fourth-order valence-corrected chi connectivity index (χ4v) is 1.40. The fourth-order valence-electron chi connectivity index (χ4n) is 1.40. The minimum Gasteiger partial charge on any atom is -0.384 e. The quantitative estimate of drug-likeness (QED) is 0.778. The van der Waals surface area contributed by atoms with Gasteiger partial charge in [0, 0.05) is 25.9 Å². The molecule has 0 aliphatic heterocycles. The third-order valence-electron chi connectivity index (χ3n) is 2.17. The summed E-state index contributed by atoms with van der Waals surface area (Å²) < 4.78 is 1.79. The summed E-state index contributed by atoms with van der Waals surface area (Å²) in [5.41, 5.74) is 6.73. The normalized spacial score (nSPS) is 10.3. The van der Waals surface area contributed by atoms with Gasteiger partial charge in [-0.25, -0.2) is 9.97 Å². The van der Waals surface area contributed by atoms with E-state index >= 15 is 0 Å². The van der Waals surface area contributed by atoms with Crippen molar-refractivity contribution in [1.82, 2.24) is 19.7 Å². The standard InChI is InChI=1S/C10H14N6/c1-16-6-8(5-15-16)2-3-12-10-4-9(11)13-7-14-10/h4-7H,2-3H2,1H3,(H3,11,12,13,14). The SMILES string of the molecule is Cn1cc(CCNc2cc(N)ncn2)cn1. The van der Waals surface area contributed by atoms with Crippen molar-refractivity contribution in [2.75, 3.05) is 17.6 Å². The molecule has 0 aromatic carbocycles. The smallest absolute Gasteiger partial charge is 0.131 e. The number of nitrogens with zero attached hydrogens (tertiary/aromatic N) is 4. The van der Waals surface area contributed by atoms with Gasteiger partial charge >= 0.3 is 0 Å². The lowest BCUT2D eigenvalue weighted by Crippen LogP contribution is -2.06. The minimum absolute atomic E-state index is 0.471. The zero-order chi connectivity index (χ0) is 11.4. The zero-order valence-electron chi connectivity index (χ0n) is 9.09. The summed E-state index contributed by atoms with van der Waals surface area (Å²) in [5, 5.41) is 7.27. The van der Waals surface area contributed by atoms with Gasteiger partial charge in [0.25, 0.3) is 0 Å². The van der Waals surface area contributed by atoms with Crippen molar-refractivity contribution in [3.63, 3.8) is 0 Å². The monoisotopic (exact) mass is 218 g/mol. The minimum atomic E-state index is 0.471. The summed E-state index contributed by atoms with van der Waals surface area (Å²) >= 11 is 0. The molecule has 0 aliphatic rings. The van der Waals surface area contributed by atoms with Crippen molar-refractivity contribution in [3.05, 3.63) is 30.4 Å². The molecule has 2 aromatic heterocycles. The molecule has 0 atom stereocenters. The predicted octanol–water partition coefficient (Wildman–Crippen LogP) is 0.447. The van der Waals surface area contributed by atoms with Crippen LogP contribution in [0.2, 0.25) is 0 Å². The van der Waals surface area contributed by atoms with E-state index in [4.69, 9.17) is 5.73 Å². The van der Waals surface area contributed by atoms with Crippen LogP contribution >= 0.6 is 0 Å². The Morgan fingerprint density at radius 2 is 2.31 bits per heavy atom. The number of rotatable bonds is 4. The summed E-state index contributed by atoms with van der Waals surface area (Å²) in [6.07, 6.45) is 6.20. The molecule has 2 heterocycles. The first-order chi connectivity index (χ1) is 7.74. The fraction of sp³-hybridized carbons (Fsp3) is 0.300. The molecule has 0 radical (unpaired) electrons. The van der Waals surface area contributed by atoms with Gasteiger partial charge in [-0.2, -0.15) is 5.10 Å². The summed E-state index contributed by atoms with van der Waals surface area (Å²) in [6, 6.07) is 1.71. The summed E-state index contributed by atoms with van der Waals surface area (Å²) in [5.74, 6) is 1.22. The van der Waals surface area contributed by atoms with E-state index < -0.39 is 0 Å². The Bertz CT molecular complexity index is 464. The molecule has 0 bridgehead atoms. The van der Waals surface area contributed by atoms with Crippen molar-refractivity contribution in [3.8, 4) is 0 Å².